The number of nitrogens with zero attached hydrogens (tertiary/aromatic N) is 2. The molecule has 4 aromatic rings. The maximum Gasteiger partial charge on any atom is 0.256 e. The highest BCUT2D eigenvalue weighted by Crippen LogP contribution is 2.38. The average molecular weight is 446 g/mol. The van der Waals surface area contributed by atoms with Gasteiger partial charge in [0.1, 0.15) is 11.6 Å². The molecule has 0 saturated heterocycles. The van der Waals surface area contributed by atoms with E-state index in [-0.39, 0.29) is 5.91 Å². The average Bonchev–Trinajstić information content (AvgIpc) is 3.25. The van der Waals surface area contributed by atoms with Gasteiger partial charge in [0.05, 0.1) is 16.9 Å². The number of anilines is 1. The summed E-state index contributed by atoms with van der Waals surface area (Å²) in [6.45, 7) is 1.83. The molecule has 0 atom stereocenters. The van der Waals surface area contributed by atoms with Crippen LogP contribution in [0.2, 0.25) is 5.02 Å². The molecule has 0 aliphatic carbocycles. The lowest BCUT2D eigenvalue weighted by Crippen LogP contribution is -2.04. The Hall–Kier alpha value is -3.90. The fraction of sp³-hybridized carbons (Fsp3) is 0.0400. The first-order valence-electron chi connectivity index (χ1n) is 9.91. The van der Waals surface area contributed by atoms with Gasteiger partial charge in [0.2, 0.25) is 5.88 Å². The normalized spacial score (nSPS) is 13.8. The summed E-state index contributed by atoms with van der Waals surface area (Å²) >= 11 is 6.17. The van der Waals surface area contributed by atoms with Crippen molar-refractivity contribution in [2.45, 2.75) is 6.92 Å². The van der Waals surface area contributed by atoms with Gasteiger partial charge >= 0.3 is 0 Å². The number of carbonyl (C=O) groups is 1. The van der Waals surface area contributed by atoms with Crippen LogP contribution in [0.3, 0.4) is 0 Å². The Labute approximate surface area is 188 Å². The number of hydrogen-bond acceptors (Lipinski definition) is 3. The highest BCUT2D eigenvalue weighted by molar-refractivity contribution is 6.36. The number of carbonyl (C=O) groups excluding carboxylic acids is 1. The number of hydrogen-bond donors (Lipinski definition) is 1. The smallest absolute Gasteiger partial charge is 0.256 e. The topological polar surface area (TPSA) is 56.2 Å². The van der Waals surface area contributed by atoms with Gasteiger partial charge in [0.25, 0.3) is 5.91 Å². The summed E-state index contributed by atoms with van der Waals surface area (Å²) in [6.07, 6.45) is 1.73. The molecule has 5 nitrogen and oxygen atoms in total. The number of aromatic nitrogens is 2. The molecule has 1 aromatic heterocycles. The molecule has 0 bridgehead atoms. The highest BCUT2D eigenvalue weighted by atomic mass is 35.5. The zero-order valence-corrected chi connectivity index (χ0v) is 17.7. The van der Waals surface area contributed by atoms with E-state index in [1.165, 1.54) is 12.1 Å². The predicted molar refractivity (Wildman–Crippen MR) is 123 cm³/mol. The third-order valence-corrected chi connectivity index (χ3v) is 5.36. The second kappa shape index (κ2) is 7.98. The Morgan fingerprint density at radius 1 is 1.06 bits per heavy atom. The second-order valence-corrected chi connectivity index (χ2v) is 7.75. The SMILES string of the molecule is Cc1nn(-c2ccccc2)c(Oc2cccc(F)c2)c1/C=C1/C(=O)Nc2ccc(Cl)cc21. The number of nitrogens with one attached hydrogen (secondary N) is 1. The van der Waals surface area contributed by atoms with Crippen molar-refractivity contribution in [3.8, 4) is 17.3 Å². The van der Waals surface area contributed by atoms with Crippen molar-refractivity contribution in [1.29, 1.82) is 0 Å². The summed E-state index contributed by atoms with van der Waals surface area (Å²) in [6, 6.07) is 20.6. The molecule has 0 unspecified atom stereocenters. The van der Waals surface area contributed by atoms with Crippen molar-refractivity contribution >= 4 is 34.8 Å². The first-order chi connectivity index (χ1) is 15.5. The molecule has 0 spiro atoms. The van der Waals surface area contributed by atoms with E-state index in [1.54, 1.807) is 41.1 Å². The molecule has 0 saturated carbocycles. The van der Waals surface area contributed by atoms with E-state index < -0.39 is 5.82 Å². The summed E-state index contributed by atoms with van der Waals surface area (Å²) in [4.78, 5) is 12.7. The second-order valence-electron chi connectivity index (χ2n) is 7.31. The molecule has 7 heteroatoms. The zero-order chi connectivity index (χ0) is 22.2. The van der Waals surface area contributed by atoms with Crippen molar-refractivity contribution < 1.29 is 13.9 Å². The molecule has 1 amide bonds. The van der Waals surface area contributed by atoms with Gasteiger partial charge in [-0.25, -0.2) is 4.39 Å². The standard InChI is InChI=1S/C25H17ClFN3O2/c1-15-20(14-22-21-12-16(26)10-11-23(21)28-24(22)31)25(32-19-9-5-6-17(27)13-19)30(29-15)18-7-3-2-4-8-18/h2-14H,1H3,(H,28,31)/b22-14+. The number of fused-ring (bicyclic) bond motifs is 1. The van der Waals surface area contributed by atoms with Gasteiger partial charge in [-0.3, -0.25) is 4.79 Å². The van der Waals surface area contributed by atoms with Gasteiger partial charge < -0.3 is 10.1 Å². The molecular weight excluding hydrogens is 429 g/mol. The number of aryl methyl sites for hydroxylation is 1. The molecule has 1 N–H and O–H groups in total. The summed E-state index contributed by atoms with van der Waals surface area (Å²) < 4.78 is 21.6. The van der Waals surface area contributed by atoms with Crippen LogP contribution in [-0.4, -0.2) is 15.7 Å². The Morgan fingerprint density at radius 2 is 1.88 bits per heavy atom. The third kappa shape index (κ3) is 3.65. The maximum absolute atomic E-state index is 13.8. The lowest BCUT2D eigenvalue weighted by Gasteiger charge is -2.10. The molecular formula is C25H17ClFN3O2. The Balaban J connectivity index is 1.69. The molecule has 158 valence electrons. The van der Waals surface area contributed by atoms with Crippen LogP contribution in [0.15, 0.2) is 72.8 Å². The molecule has 0 radical (unpaired) electrons. The summed E-state index contributed by atoms with van der Waals surface area (Å²) in [5, 5.41) is 8.01. The first kappa shape index (κ1) is 20.0. The summed E-state index contributed by atoms with van der Waals surface area (Å²) in [5.41, 5.74) is 3.86. The Morgan fingerprint density at radius 3 is 2.66 bits per heavy atom. The summed E-state index contributed by atoms with van der Waals surface area (Å²) in [5.74, 6) is 0.0330. The van der Waals surface area contributed by atoms with Crippen LogP contribution in [0.4, 0.5) is 10.1 Å². The predicted octanol–water partition coefficient (Wildman–Crippen LogP) is 6.26. The van der Waals surface area contributed by atoms with Crippen LogP contribution in [0.25, 0.3) is 17.3 Å². The third-order valence-electron chi connectivity index (χ3n) is 5.13. The lowest BCUT2D eigenvalue weighted by atomic mass is 10.0. The minimum atomic E-state index is -0.413. The molecule has 1 aliphatic rings. The van der Waals surface area contributed by atoms with Crippen LogP contribution in [0.1, 0.15) is 16.8 Å². The van der Waals surface area contributed by atoms with Crippen LogP contribution in [0.5, 0.6) is 11.6 Å². The fourth-order valence-corrected chi connectivity index (χ4v) is 3.79. The van der Waals surface area contributed by atoms with Crippen molar-refractivity contribution in [3.63, 3.8) is 0 Å². The largest absolute Gasteiger partial charge is 0.438 e. The van der Waals surface area contributed by atoms with Crippen LogP contribution in [0, 0.1) is 12.7 Å². The van der Waals surface area contributed by atoms with E-state index in [1.807, 2.05) is 37.3 Å². The van der Waals surface area contributed by atoms with Crippen molar-refractivity contribution in [2.24, 2.45) is 0 Å². The number of rotatable bonds is 4. The minimum absolute atomic E-state index is 0.245. The number of amides is 1. The molecule has 5 rings (SSSR count). The molecule has 32 heavy (non-hydrogen) atoms. The van der Waals surface area contributed by atoms with Crippen molar-refractivity contribution in [2.75, 3.05) is 5.32 Å². The molecule has 2 heterocycles. The van der Waals surface area contributed by atoms with E-state index >= 15 is 0 Å². The number of para-hydroxylation sites is 1. The number of halogens is 2. The summed E-state index contributed by atoms with van der Waals surface area (Å²) in [7, 11) is 0. The zero-order valence-electron chi connectivity index (χ0n) is 17.0. The molecule has 3 aromatic carbocycles. The number of benzene rings is 3. The Kier molecular flexibility index (Phi) is 4.99. The van der Waals surface area contributed by atoms with Gasteiger partial charge in [-0.15, -0.1) is 0 Å². The fourth-order valence-electron chi connectivity index (χ4n) is 3.62. The highest BCUT2D eigenvalue weighted by Gasteiger charge is 2.27. The van der Waals surface area contributed by atoms with Crippen LogP contribution in [-0.2, 0) is 4.79 Å². The first-order valence-corrected chi connectivity index (χ1v) is 10.3. The lowest BCUT2D eigenvalue weighted by molar-refractivity contribution is -0.110. The van der Waals surface area contributed by atoms with Gasteiger partial charge in [0, 0.05) is 27.9 Å². The van der Waals surface area contributed by atoms with Gasteiger partial charge in [0.15, 0.2) is 0 Å². The van der Waals surface area contributed by atoms with E-state index in [0.717, 1.165) is 5.69 Å². The van der Waals surface area contributed by atoms with Crippen molar-refractivity contribution in [1.82, 2.24) is 9.78 Å². The minimum Gasteiger partial charge on any atom is -0.438 e. The van der Waals surface area contributed by atoms with E-state index in [2.05, 4.69) is 10.4 Å². The van der Waals surface area contributed by atoms with Crippen LogP contribution < -0.4 is 10.1 Å². The van der Waals surface area contributed by atoms with Crippen molar-refractivity contribution in [3.05, 3.63) is 100 Å². The van der Waals surface area contributed by atoms with Gasteiger partial charge in [-0.1, -0.05) is 35.9 Å². The number of ether oxygens (including phenoxy) is 1. The van der Waals surface area contributed by atoms with Gasteiger partial charge in [-0.2, -0.15) is 9.78 Å². The Bertz CT molecular complexity index is 1380. The monoisotopic (exact) mass is 445 g/mol. The van der Waals surface area contributed by atoms with Gasteiger partial charge in [-0.05, 0) is 55.5 Å². The maximum atomic E-state index is 13.8. The van der Waals surface area contributed by atoms with E-state index in [9.17, 15) is 9.18 Å². The molecule has 0 fully saturated rings. The quantitative estimate of drug-likeness (QED) is 0.377. The van der Waals surface area contributed by atoms with Crippen LogP contribution >= 0.6 is 11.6 Å². The van der Waals surface area contributed by atoms with E-state index in [0.29, 0.717) is 44.7 Å². The molecule has 1 aliphatic heterocycles. The van der Waals surface area contributed by atoms with E-state index in [4.69, 9.17) is 16.3 Å².